The van der Waals surface area contributed by atoms with Gasteiger partial charge in [-0.1, -0.05) is 16.9 Å². The first-order valence-electron chi connectivity index (χ1n) is 8.55. The first-order valence-corrected chi connectivity index (χ1v) is 9.54. The van der Waals surface area contributed by atoms with E-state index in [2.05, 4.69) is 24.8 Å². The fraction of sp³-hybridized carbons (Fsp3) is 0.471. The van der Waals surface area contributed by atoms with Crippen molar-refractivity contribution in [3.63, 3.8) is 0 Å². The predicted molar refractivity (Wildman–Crippen MR) is 94.7 cm³/mol. The minimum absolute atomic E-state index is 0.631. The molecule has 0 amide bonds. The van der Waals surface area contributed by atoms with Crippen molar-refractivity contribution in [3.05, 3.63) is 41.7 Å². The Bertz CT molecular complexity index is 805. The summed E-state index contributed by atoms with van der Waals surface area (Å²) < 4.78 is 12.8. The Morgan fingerprint density at radius 2 is 2.08 bits per heavy atom. The van der Waals surface area contributed by atoms with Gasteiger partial charge in [-0.3, -0.25) is 4.57 Å². The largest absolute Gasteiger partial charge is 0.467 e. The molecular weight excluding hydrogens is 338 g/mol. The molecule has 0 atom stereocenters. The highest BCUT2D eigenvalue weighted by molar-refractivity contribution is 7.98. The normalized spacial score (nSPS) is 15.0. The van der Waals surface area contributed by atoms with Crippen LogP contribution in [0.4, 0.5) is 5.95 Å². The van der Waals surface area contributed by atoms with Gasteiger partial charge in [0.1, 0.15) is 11.5 Å². The number of anilines is 1. The summed E-state index contributed by atoms with van der Waals surface area (Å²) >= 11 is 1.62. The quantitative estimate of drug-likeness (QED) is 0.624. The van der Waals surface area contributed by atoms with Crippen molar-refractivity contribution in [2.45, 2.75) is 43.6 Å². The minimum atomic E-state index is 0.631. The molecule has 0 aromatic carbocycles. The maximum Gasteiger partial charge on any atom is 0.228 e. The summed E-state index contributed by atoms with van der Waals surface area (Å²) in [7, 11) is 0. The SMILES string of the molecule is Cc1cc(CSc2nnc(N3CCCCC3)n2Cc2ccco2)no1. The van der Waals surface area contributed by atoms with Crippen LogP contribution in [0.25, 0.3) is 0 Å². The number of hydrogen-bond donors (Lipinski definition) is 0. The third kappa shape index (κ3) is 3.73. The Hall–Kier alpha value is -2.22. The highest BCUT2D eigenvalue weighted by atomic mass is 32.2. The van der Waals surface area contributed by atoms with Gasteiger partial charge in [-0.25, -0.2) is 0 Å². The molecule has 0 aliphatic carbocycles. The molecule has 1 aliphatic rings. The zero-order chi connectivity index (χ0) is 17.1. The molecule has 3 aromatic heterocycles. The van der Waals surface area contributed by atoms with Gasteiger partial charge in [0.15, 0.2) is 5.16 Å². The lowest BCUT2D eigenvalue weighted by Gasteiger charge is -2.27. The van der Waals surface area contributed by atoms with Crippen LogP contribution >= 0.6 is 11.8 Å². The molecule has 8 heteroatoms. The van der Waals surface area contributed by atoms with E-state index in [1.165, 1.54) is 19.3 Å². The number of piperidine rings is 1. The predicted octanol–water partition coefficient (Wildman–Crippen LogP) is 3.50. The highest BCUT2D eigenvalue weighted by Gasteiger charge is 2.21. The first kappa shape index (κ1) is 16.3. The first-order chi connectivity index (χ1) is 12.3. The Morgan fingerprint density at radius 3 is 2.80 bits per heavy atom. The molecule has 25 heavy (non-hydrogen) atoms. The van der Waals surface area contributed by atoms with E-state index < -0.39 is 0 Å². The van der Waals surface area contributed by atoms with Crippen molar-refractivity contribution in [2.24, 2.45) is 0 Å². The molecule has 4 heterocycles. The van der Waals surface area contributed by atoms with Crippen LogP contribution in [0.2, 0.25) is 0 Å². The zero-order valence-electron chi connectivity index (χ0n) is 14.2. The van der Waals surface area contributed by atoms with Crippen LogP contribution in [0.5, 0.6) is 0 Å². The van der Waals surface area contributed by atoms with Crippen LogP contribution in [-0.4, -0.2) is 33.0 Å². The Morgan fingerprint density at radius 1 is 1.20 bits per heavy atom. The molecule has 0 bridgehead atoms. The van der Waals surface area contributed by atoms with E-state index in [1.54, 1.807) is 18.0 Å². The van der Waals surface area contributed by atoms with Crippen LogP contribution in [0.3, 0.4) is 0 Å². The Balaban J connectivity index is 1.57. The third-order valence-corrected chi connectivity index (χ3v) is 5.26. The number of hydrogen-bond acceptors (Lipinski definition) is 7. The van der Waals surface area contributed by atoms with Gasteiger partial charge in [0, 0.05) is 24.9 Å². The van der Waals surface area contributed by atoms with Crippen LogP contribution in [0.15, 0.2) is 38.6 Å². The molecule has 0 radical (unpaired) electrons. The fourth-order valence-electron chi connectivity index (χ4n) is 3.04. The van der Waals surface area contributed by atoms with Crippen molar-refractivity contribution < 1.29 is 8.94 Å². The molecule has 132 valence electrons. The molecular formula is C17H21N5O2S. The molecule has 0 N–H and O–H groups in total. The van der Waals surface area contributed by atoms with Crippen LogP contribution in [-0.2, 0) is 12.3 Å². The Kier molecular flexibility index (Phi) is 4.78. The van der Waals surface area contributed by atoms with E-state index in [1.807, 2.05) is 25.1 Å². The van der Waals surface area contributed by atoms with Gasteiger partial charge in [-0.2, -0.15) is 0 Å². The summed E-state index contributed by atoms with van der Waals surface area (Å²) in [6.07, 6.45) is 5.39. The van der Waals surface area contributed by atoms with Crippen LogP contribution < -0.4 is 4.90 Å². The Labute approximate surface area is 150 Å². The number of nitrogens with zero attached hydrogens (tertiary/aromatic N) is 5. The zero-order valence-corrected chi connectivity index (χ0v) is 15.0. The fourth-order valence-corrected chi connectivity index (χ4v) is 3.85. The molecule has 4 rings (SSSR count). The highest BCUT2D eigenvalue weighted by Crippen LogP contribution is 2.27. The van der Waals surface area contributed by atoms with Gasteiger partial charge in [0.05, 0.1) is 18.5 Å². The maximum atomic E-state index is 5.54. The van der Waals surface area contributed by atoms with E-state index in [9.17, 15) is 0 Å². The molecule has 0 saturated carbocycles. The topological polar surface area (TPSA) is 73.1 Å². The summed E-state index contributed by atoms with van der Waals surface area (Å²) in [6.45, 7) is 4.59. The van der Waals surface area contributed by atoms with Crippen molar-refractivity contribution in [1.29, 1.82) is 0 Å². The molecule has 1 aliphatic heterocycles. The van der Waals surface area contributed by atoms with Gasteiger partial charge in [0.25, 0.3) is 0 Å². The lowest BCUT2D eigenvalue weighted by molar-refractivity contribution is 0.393. The molecule has 1 fully saturated rings. The van der Waals surface area contributed by atoms with Gasteiger partial charge in [-0.15, -0.1) is 10.2 Å². The summed E-state index contributed by atoms with van der Waals surface area (Å²) in [6, 6.07) is 5.84. The third-order valence-electron chi connectivity index (χ3n) is 4.26. The number of aryl methyl sites for hydroxylation is 1. The molecule has 7 nitrogen and oxygen atoms in total. The van der Waals surface area contributed by atoms with Crippen LogP contribution in [0.1, 0.15) is 36.5 Å². The second-order valence-electron chi connectivity index (χ2n) is 6.21. The second-order valence-corrected chi connectivity index (χ2v) is 7.16. The summed E-state index contributed by atoms with van der Waals surface area (Å²) in [5, 5.41) is 13.8. The summed E-state index contributed by atoms with van der Waals surface area (Å²) in [5.41, 5.74) is 0.912. The lowest BCUT2D eigenvalue weighted by atomic mass is 10.1. The van der Waals surface area contributed by atoms with Crippen molar-refractivity contribution in [1.82, 2.24) is 19.9 Å². The van der Waals surface area contributed by atoms with Gasteiger partial charge >= 0.3 is 0 Å². The molecule has 3 aromatic rings. The van der Waals surface area contributed by atoms with E-state index in [-0.39, 0.29) is 0 Å². The average molecular weight is 359 g/mol. The monoisotopic (exact) mass is 359 g/mol. The molecule has 1 saturated heterocycles. The standard InChI is InChI=1S/C17H21N5O2S/c1-13-10-14(20-24-13)12-25-17-19-18-16(21-7-3-2-4-8-21)22(17)11-15-6-5-9-23-15/h5-6,9-10H,2-4,7-8,11-12H2,1H3. The van der Waals surface area contributed by atoms with Gasteiger partial charge < -0.3 is 13.8 Å². The average Bonchev–Trinajstić information content (AvgIpc) is 3.36. The number of rotatable bonds is 6. The maximum absolute atomic E-state index is 5.54. The van der Waals surface area contributed by atoms with Gasteiger partial charge in [-0.05, 0) is 38.3 Å². The van der Waals surface area contributed by atoms with Gasteiger partial charge in [0.2, 0.25) is 5.95 Å². The number of aromatic nitrogens is 4. The number of thioether (sulfide) groups is 1. The minimum Gasteiger partial charge on any atom is -0.467 e. The summed E-state index contributed by atoms with van der Waals surface area (Å²) in [4.78, 5) is 2.32. The molecule has 0 spiro atoms. The smallest absolute Gasteiger partial charge is 0.228 e. The lowest BCUT2D eigenvalue weighted by Crippen LogP contribution is -2.32. The van der Waals surface area contributed by atoms with E-state index >= 15 is 0 Å². The van der Waals surface area contributed by atoms with E-state index in [4.69, 9.17) is 8.94 Å². The molecule has 0 unspecified atom stereocenters. The van der Waals surface area contributed by atoms with E-state index in [0.717, 1.165) is 41.4 Å². The van der Waals surface area contributed by atoms with Crippen LogP contribution in [0, 0.1) is 6.92 Å². The second kappa shape index (κ2) is 7.35. The number of furan rings is 1. The summed E-state index contributed by atoms with van der Waals surface area (Å²) in [5.74, 6) is 3.35. The van der Waals surface area contributed by atoms with E-state index in [0.29, 0.717) is 12.3 Å². The van der Waals surface area contributed by atoms with Crippen molar-refractivity contribution in [2.75, 3.05) is 18.0 Å². The van der Waals surface area contributed by atoms with Crippen molar-refractivity contribution >= 4 is 17.7 Å². The van der Waals surface area contributed by atoms with Crippen molar-refractivity contribution in [3.8, 4) is 0 Å².